The molecule has 0 unspecified atom stereocenters. The summed E-state index contributed by atoms with van der Waals surface area (Å²) in [7, 11) is 1.62. The van der Waals surface area contributed by atoms with Crippen molar-refractivity contribution in [1.29, 1.82) is 0 Å². The molecule has 3 N–H and O–H groups in total. The summed E-state index contributed by atoms with van der Waals surface area (Å²) in [6, 6.07) is 5.85. The third kappa shape index (κ3) is 2.44. The molecule has 5 heteroatoms. The van der Waals surface area contributed by atoms with Gasteiger partial charge in [-0.2, -0.15) is 0 Å². The number of methoxy groups -OCH3 is 1. The van der Waals surface area contributed by atoms with Crippen LogP contribution in [0, 0.1) is 6.92 Å². The van der Waals surface area contributed by atoms with Gasteiger partial charge in [0.1, 0.15) is 12.1 Å². The Kier molecular flexibility index (Phi) is 3.09. The van der Waals surface area contributed by atoms with Gasteiger partial charge in [0.05, 0.1) is 24.7 Å². The molecule has 0 aliphatic carbocycles. The van der Waals surface area contributed by atoms with Gasteiger partial charge in [0, 0.05) is 0 Å². The van der Waals surface area contributed by atoms with Crippen LogP contribution in [0.2, 0.25) is 0 Å². The summed E-state index contributed by atoms with van der Waals surface area (Å²) in [5, 5.41) is 3.13. The molecule has 1 aromatic heterocycles. The lowest BCUT2D eigenvalue weighted by molar-refractivity contribution is 0.416. The third-order valence-electron chi connectivity index (χ3n) is 2.35. The summed E-state index contributed by atoms with van der Waals surface area (Å²) in [4.78, 5) is 7.92. The number of ether oxygens (including phenoxy) is 1. The standard InChI is InChI=1S/C12H14N4O/c1-8-3-4-11(17-2)10(5-8)16-12-9(13)6-14-7-15-12/h3-7H,13H2,1-2H3,(H,14,15,16). The van der Waals surface area contributed by atoms with Crippen LogP contribution in [0.4, 0.5) is 17.2 Å². The van der Waals surface area contributed by atoms with Gasteiger partial charge >= 0.3 is 0 Å². The second-order valence-electron chi connectivity index (χ2n) is 3.66. The Bertz CT molecular complexity index is 528. The lowest BCUT2D eigenvalue weighted by Crippen LogP contribution is -2.01. The number of nitrogens with zero attached hydrogens (tertiary/aromatic N) is 2. The first-order valence-corrected chi connectivity index (χ1v) is 5.18. The zero-order valence-electron chi connectivity index (χ0n) is 9.77. The van der Waals surface area contributed by atoms with Crippen molar-refractivity contribution in [2.75, 3.05) is 18.2 Å². The molecular formula is C12H14N4O. The normalized spacial score (nSPS) is 10.0. The average Bonchev–Trinajstić information content (AvgIpc) is 2.32. The highest BCUT2D eigenvalue weighted by molar-refractivity contribution is 5.71. The monoisotopic (exact) mass is 230 g/mol. The zero-order chi connectivity index (χ0) is 12.3. The average molecular weight is 230 g/mol. The van der Waals surface area contributed by atoms with Gasteiger partial charge in [-0.3, -0.25) is 0 Å². The smallest absolute Gasteiger partial charge is 0.157 e. The molecule has 0 fully saturated rings. The number of aromatic nitrogens is 2. The molecule has 0 radical (unpaired) electrons. The first kappa shape index (κ1) is 11.2. The summed E-state index contributed by atoms with van der Waals surface area (Å²) in [5.74, 6) is 1.32. The topological polar surface area (TPSA) is 73.1 Å². The maximum absolute atomic E-state index is 5.77. The van der Waals surface area contributed by atoms with Gasteiger partial charge in [-0.15, -0.1) is 0 Å². The Morgan fingerprint density at radius 3 is 2.88 bits per heavy atom. The molecule has 0 saturated heterocycles. The van der Waals surface area contributed by atoms with E-state index in [1.165, 1.54) is 6.33 Å². The number of benzene rings is 1. The van der Waals surface area contributed by atoms with Crippen LogP contribution in [0.15, 0.2) is 30.7 Å². The van der Waals surface area contributed by atoms with Crippen molar-refractivity contribution in [3.05, 3.63) is 36.3 Å². The van der Waals surface area contributed by atoms with Crippen LogP contribution in [-0.2, 0) is 0 Å². The highest BCUT2D eigenvalue weighted by atomic mass is 16.5. The number of anilines is 3. The maximum Gasteiger partial charge on any atom is 0.157 e. The molecule has 0 saturated carbocycles. The summed E-state index contributed by atoms with van der Waals surface area (Å²) in [6.07, 6.45) is 3.00. The number of hydrogen-bond donors (Lipinski definition) is 2. The predicted molar refractivity (Wildman–Crippen MR) is 67.5 cm³/mol. The molecule has 0 amide bonds. The number of aryl methyl sites for hydroxylation is 1. The van der Waals surface area contributed by atoms with E-state index in [1.54, 1.807) is 13.3 Å². The van der Waals surface area contributed by atoms with Crippen molar-refractivity contribution in [2.45, 2.75) is 6.92 Å². The predicted octanol–water partition coefficient (Wildman–Crippen LogP) is 2.12. The SMILES string of the molecule is COc1ccc(C)cc1Nc1ncncc1N. The van der Waals surface area contributed by atoms with E-state index in [4.69, 9.17) is 10.5 Å². The van der Waals surface area contributed by atoms with E-state index in [-0.39, 0.29) is 0 Å². The van der Waals surface area contributed by atoms with E-state index in [9.17, 15) is 0 Å². The Balaban J connectivity index is 2.35. The van der Waals surface area contributed by atoms with E-state index < -0.39 is 0 Å². The Morgan fingerprint density at radius 1 is 1.35 bits per heavy atom. The van der Waals surface area contributed by atoms with Crippen molar-refractivity contribution < 1.29 is 4.74 Å². The molecule has 88 valence electrons. The van der Waals surface area contributed by atoms with Crippen LogP contribution in [0.1, 0.15) is 5.56 Å². The van der Waals surface area contributed by atoms with Gasteiger partial charge in [0.25, 0.3) is 0 Å². The highest BCUT2D eigenvalue weighted by Gasteiger charge is 2.06. The number of rotatable bonds is 3. The minimum absolute atomic E-state index is 0.496. The van der Waals surface area contributed by atoms with Gasteiger partial charge in [-0.25, -0.2) is 9.97 Å². The number of nitrogen functional groups attached to an aromatic ring is 1. The Labute approximate surface area is 99.7 Å². The van der Waals surface area contributed by atoms with E-state index in [0.717, 1.165) is 17.0 Å². The first-order valence-electron chi connectivity index (χ1n) is 5.18. The number of nitrogens with two attached hydrogens (primary N) is 1. The minimum Gasteiger partial charge on any atom is -0.495 e. The lowest BCUT2D eigenvalue weighted by atomic mass is 10.2. The van der Waals surface area contributed by atoms with E-state index in [1.807, 2.05) is 25.1 Å². The van der Waals surface area contributed by atoms with Crippen molar-refractivity contribution in [3.8, 4) is 5.75 Å². The molecule has 1 aromatic carbocycles. The fourth-order valence-corrected chi connectivity index (χ4v) is 1.49. The van der Waals surface area contributed by atoms with Crippen LogP contribution in [-0.4, -0.2) is 17.1 Å². The van der Waals surface area contributed by atoms with Crippen molar-refractivity contribution >= 4 is 17.2 Å². The van der Waals surface area contributed by atoms with E-state index >= 15 is 0 Å². The second-order valence-corrected chi connectivity index (χ2v) is 3.66. The molecular weight excluding hydrogens is 216 g/mol. The Hall–Kier alpha value is -2.30. The maximum atomic E-state index is 5.77. The highest BCUT2D eigenvalue weighted by Crippen LogP contribution is 2.29. The van der Waals surface area contributed by atoms with Gasteiger partial charge in [-0.05, 0) is 24.6 Å². The minimum atomic E-state index is 0.496. The zero-order valence-corrected chi connectivity index (χ0v) is 9.77. The number of nitrogens with one attached hydrogen (secondary N) is 1. The van der Waals surface area contributed by atoms with Crippen molar-refractivity contribution in [1.82, 2.24) is 9.97 Å². The molecule has 17 heavy (non-hydrogen) atoms. The van der Waals surface area contributed by atoms with E-state index in [0.29, 0.717) is 11.5 Å². The van der Waals surface area contributed by atoms with Crippen molar-refractivity contribution in [2.24, 2.45) is 0 Å². The largest absolute Gasteiger partial charge is 0.495 e. The fourth-order valence-electron chi connectivity index (χ4n) is 1.49. The van der Waals surface area contributed by atoms with Gasteiger partial charge < -0.3 is 15.8 Å². The second kappa shape index (κ2) is 4.69. The molecule has 2 rings (SSSR count). The van der Waals surface area contributed by atoms with Crippen LogP contribution < -0.4 is 15.8 Å². The van der Waals surface area contributed by atoms with E-state index in [2.05, 4.69) is 15.3 Å². The van der Waals surface area contributed by atoms with Crippen LogP contribution in [0.5, 0.6) is 5.75 Å². The number of hydrogen-bond acceptors (Lipinski definition) is 5. The summed E-state index contributed by atoms with van der Waals surface area (Å²) in [6.45, 7) is 2.01. The molecule has 0 aliphatic rings. The summed E-state index contributed by atoms with van der Waals surface area (Å²) in [5.41, 5.74) is 8.22. The fraction of sp³-hybridized carbons (Fsp3) is 0.167. The molecule has 2 aromatic rings. The molecule has 0 atom stereocenters. The summed E-state index contributed by atoms with van der Waals surface area (Å²) >= 11 is 0. The Morgan fingerprint density at radius 2 is 2.18 bits per heavy atom. The first-order chi connectivity index (χ1) is 8.20. The lowest BCUT2D eigenvalue weighted by Gasteiger charge is -2.12. The van der Waals surface area contributed by atoms with Gasteiger partial charge in [0.2, 0.25) is 0 Å². The molecule has 1 heterocycles. The molecule has 5 nitrogen and oxygen atoms in total. The van der Waals surface area contributed by atoms with Gasteiger partial charge in [-0.1, -0.05) is 6.07 Å². The van der Waals surface area contributed by atoms with Crippen LogP contribution >= 0.6 is 0 Å². The molecule has 0 aliphatic heterocycles. The molecule has 0 bridgehead atoms. The van der Waals surface area contributed by atoms with Crippen molar-refractivity contribution in [3.63, 3.8) is 0 Å². The third-order valence-corrected chi connectivity index (χ3v) is 2.35. The van der Waals surface area contributed by atoms with Gasteiger partial charge in [0.15, 0.2) is 5.82 Å². The van der Waals surface area contributed by atoms with Crippen LogP contribution in [0.3, 0.4) is 0 Å². The summed E-state index contributed by atoms with van der Waals surface area (Å²) < 4.78 is 5.27. The molecule has 0 spiro atoms. The quantitative estimate of drug-likeness (QED) is 0.844. The van der Waals surface area contributed by atoms with Crippen LogP contribution in [0.25, 0.3) is 0 Å².